The predicted octanol–water partition coefficient (Wildman–Crippen LogP) is 2.29. The number of imidazole rings is 1. The van der Waals surface area contributed by atoms with E-state index in [0.29, 0.717) is 53.4 Å². The minimum Gasteiger partial charge on any atom is -0.475 e. The Labute approximate surface area is 224 Å². The van der Waals surface area contributed by atoms with E-state index in [1.165, 1.54) is 0 Å². The Bertz CT molecular complexity index is 1610. The zero-order chi connectivity index (χ0) is 29.0. The number of fused-ring (bicyclic) bond motifs is 1. The lowest BCUT2D eigenvalue weighted by atomic mass is 10.1. The summed E-state index contributed by atoms with van der Waals surface area (Å²) in [6, 6.07) is 9.56. The van der Waals surface area contributed by atoms with Crippen molar-refractivity contribution in [3.8, 4) is 23.4 Å². The first kappa shape index (κ1) is 28.0. The number of aromatic nitrogens is 5. The third-order valence-electron chi connectivity index (χ3n) is 5.90. The molecule has 1 amide bonds. The van der Waals surface area contributed by atoms with E-state index in [1.807, 2.05) is 41.8 Å². The van der Waals surface area contributed by atoms with Crippen molar-refractivity contribution < 1.29 is 32.5 Å². The van der Waals surface area contributed by atoms with Gasteiger partial charge in [0, 0.05) is 37.4 Å². The van der Waals surface area contributed by atoms with Gasteiger partial charge in [0.25, 0.3) is 5.91 Å². The van der Waals surface area contributed by atoms with E-state index in [-0.39, 0.29) is 17.8 Å². The van der Waals surface area contributed by atoms with Gasteiger partial charge in [-0.15, -0.1) is 0 Å². The van der Waals surface area contributed by atoms with Gasteiger partial charge >= 0.3 is 12.1 Å². The van der Waals surface area contributed by atoms with Crippen LogP contribution in [0.5, 0.6) is 0 Å². The summed E-state index contributed by atoms with van der Waals surface area (Å²) < 4.78 is 38.4. The molecule has 1 aromatic carbocycles. The molecule has 0 radical (unpaired) electrons. The van der Waals surface area contributed by atoms with Crippen molar-refractivity contribution in [1.82, 2.24) is 29.7 Å². The molecule has 40 heavy (non-hydrogen) atoms. The number of likely N-dealkylation sites (tertiary alicyclic amines) is 1. The summed E-state index contributed by atoms with van der Waals surface area (Å²) >= 11 is 0. The van der Waals surface area contributed by atoms with E-state index in [1.54, 1.807) is 11.1 Å². The standard InChI is InChI=1S/C23H22N8O2.C2HF3O2/c1-2-31-20-16(23(32)30-11-10-15(24)13-30)12-26-17(9-8-14-6-4-3-5-7-14)18(20)27-22(31)19-21(25)29-33-28-19;3-2(4,5)1(6)7/h3-7,12,15H,2,10-11,13,24H2,1H3,(H2,25,29);(H,6,7). The summed E-state index contributed by atoms with van der Waals surface area (Å²) in [6.45, 7) is 3.56. The molecule has 0 aliphatic carbocycles. The highest BCUT2D eigenvalue weighted by Gasteiger charge is 2.38. The minimum absolute atomic E-state index is 0.0268. The fourth-order valence-corrected chi connectivity index (χ4v) is 4.02. The van der Waals surface area contributed by atoms with Crippen LogP contribution < -0.4 is 11.5 Å². The number of nitrogens with zero attached hydrogens (tertiary/aromatic N) is 6. The Morgan fingerprint density at radius 3 is 2.45 bits per heavy atom. The van der Waals surface area contributed by atoms with Crippen LogP contribution in [0, 0.1) is 11.8 Å². The van der Waals surface area contributed by atoms with Gasteiger partial charge in [0.1, 0.15) is 11.2 Å². The minimum atomic E-state index is -5.08. The number of carboxylic acid groups (broad SMARTS) is 1. The van der Waals surface area contributed by atoms with Crippen molar-refractivity contribution in [3.63, 3.8) is 0 Å². The van der Waals surface area contributed by atoms with Gasteiger partial charge < -0.3 is 26.0 Å². The highest BCUT2D eigenvalue weighted by atomic mass is 19.4. The molecular formula is C25H23F3N8O4. The number of rotatable bonds is 3. The number of benzene rings is 1. The molecule has 1 fully saturated rings. The largest absolute Gasteiger partial charge is 0.490 e. The van der Waals surface area contributed by atoms with Crippen molar-refractivity contribution in [2.24, 2.45) is 5.73 Å². The molecule has 5 rings (SSSR count). The maximum Gasteiger partial charge on any atom is 0.490 e. The van der Waals surface area contributed by atoms with Crippen LogP contribution in [0.1, 0.15) is 35.0 Å². The predicted molar refractivity (Wildman–Crippen MR) is 136 cm³/mol. The van der Waals surface area contributed by atoms with Gasteiger partial charge in [-0.25, -0.2) is 19.4 Å². The smallest absolute Gasteiger partial charge is 0.475 e. The van der Waals surface area contributed by atoms with E-state index in [0.717, 1.165) is 12.0 Å². The van der Waals surface area contributed by atoms with E-state index in [9.17, 15) is 18.0 Å². The molecular weight excluding hydrogens is 533 g/mol. The Morgan fingerprint density at radius 2 is 1.90 bits per heavy atom. The van der Waals surface area contributed by atoms with Gasteiger partial charge in [-0.2, -0.15) is 13.2 Å². The van der Waals surface area contributed by atoms with Crippen LogP contribution in [-0.4, -0.2) is 72.0 Å². The summed E-state index contributed by atoms with van der Waals surface area (Å²) in [4.78, 5) is 33.3. The molecule has 1 unspecified atom stereocenters. The Balaban J connectivity index is 0.000000470. The van der Waals surface area contributed by atoms with Gasteiger partial charge in [-0.05, 0) is 41.7 Å². The van der Waals surface area contributed by atoms with E-state index >= 15 is 0 Å². The van der Waals surface area contributed by atoms with Crippen LogP contribution in [-0.2, 0) is 11.3 Å². The van der Waals surface area contributed by atoms with Crippen LogP contribution in [0.25, 0.3) is 22.6 Å². The second-order valence-electron chi connectivity index (χ2n) is 8.61. The van der Waals surface area contributed by atoms with E-state index in [4.69, 9.17) is 31.0 Å². The maximum absolute atomic E-state index is 13.4. The fourth-order valence-electron chi connectivity index (χ4n) is 4.02. The lowest BCUT2D eigenvalue weighted by Crippen LogP contribution is -2.32. The van der Waals surface area contributed by atoms with Gasteiger partial charge in [0.05, 0.1) is 11.1 Å². The first-order valence-corrected chi connectivity index (χ1v) is 11.9. The summed E-state index contributed by atoms with van der Waals surface area (Å²) in [5.74, 6) is 3.86. The topological polar surface area (TPSA) is 179 Å². The maximum atomic E-state index is 13.4. The summed E-state index contributed by atoms with van der Waals surface area (Å²) in [5.41, 5.74) is 15.1. The van der Waals surface area contributed by atoms with Crippen molar-refractivity contribution >= 4 is 28.7 Å². The highest BCUT2D eigenvalue weighted by Crippen LogP contribution is 2.30. The monoisotopic (exact) mass is 556 g/mol. The number of aliphatic carboxylic acids is 1. The van der Waals surface area contributed by atoms with Crippen LogP contribution in [0.2, 0.25) is 0 Å². The Morgan fingerprint density at radius 1 is 1.20 bits per heavy atom. The van der Waals surface area contributed by atoms with Gasteiger partial charge in [-0.3, -0.25) is 4.79 Å². The lowest BCUT2D eigenvalue weighted by Gasteiger charge is -2.17. The number of nitrogen functional groups attached to an aromatic ring is 1. The molecule has 1 saturated heterocycles. The van der Waals surface area contributed by atoms with E-state index < -0.39 is 12.1 Å². The molecule has 15 heteroatoms. The van der Waals surface area contributed by atoms with Crippen molar-refractivity contribution in [2.75, 3.05) is 18.8 Å². The molecule has 12 nitrogen and oxygen atoms in total. The number of alkyl halides is 3. The van der Waals surface area contributed by atoms with Gasteiger partial charge in [0.15, 0.2) is 17.3 Å². The molecule has 4 heterocycles. The number of carbonyl (C=O) groups excluding carboxylic acids is 1. The average molecular weight is 557 g/mol. The van der Waals surface area contributed by atoms with Crippen molar-refractivity contribution in [2.45, 2.75) is 32.1 Å². The Kier molecular flexibility index (Phi) is 8.00. The van der Waals surface area contributed by atoms with Crippen LogP contribution in [0.4, 0.5) is 19.0 Å². The summed E-state index contributed by atoms with van der Waals surface area (Å²) in [5, 5.41) is 14.7. The molecule has 0 bridgehead atoms. The first-order valence-electron chi connectivity index (χ1n) is 11.9. The number of hydrogen-bond donors (Lipinski definition) is 3. The van der Waals surface area contributed by atoms with Gasteiger partial charge in [-0.1, -0.05) is 24.1 Å². The molecule has 5 N–H and O–H groups in total. The van der Waals surface area contributed by atoms with Crippen molar-refractivity contribution in [3.05, 3.63) is 53.3 Å². The average Bonchev–Trinajstić information content (AvgIpc) is 3.65. The van der Waals surface area contributed by atoms with Crippen LogP contribution in [0.3, 0.4) is 0 Å². The number of carboxylic acids is 1. The molecule has 3 aromatic heterocycles. The SMILES string of the molecule is CCn1c(-c2nonc2N)nc2c(C#Cc3ccccc3)ncc(C(=O)N3CCC(N)C3)c21.O=C(O)C(F)(F)F. The molecule has 0 spiro atoms. The highest BCUT2D eigenvalue weighted by molar-refractivity contribution is 6.06. The number of carbonyl (C=O) groups is 2. The first-order chi connectivity index (χ1) is 19.0. The second-order valence-corrected chi connectivity index (χ2v) is 8.61. The molecule has 4 aromatic rings. The lowest BCUT2D eigenvalue weighted by molar-refractivity contribution is -0.192. The van der Waals surface area contributed by atoms with E-state index in [2.05, 4.69) is 27.1 Å². The third kappa shape index (κ3) is 5.86. The normalized spacial score (nSPS) is 14.8. The fraction of sp³-hybridized carbons (Fsp3) is 0.280. The van der Waals surface area contributed by atoms with Gasteiger partial charge in [0.2, 0.25) is 0 Å². The number of amides is 1. The number of halogens is 3. The Hall–Kier alpha value is -4.97. The zero-order valence-corrected chi connectivity index (χ0v) is 21.0. The third-order valence-corrected chi connectivity index (χ3v) is 5.90. The molecule has 1 aliphatic heterocycles. The number of anilines is 1. The molecule has 0 saturated carbocycles. The summed E-state index contributed by atoms with van der Waals surface area (Å²) in [7, 11) is 0. The summed E-state index contributed by atoms with van der Waals surface area (Å²) in [6.07, 6.45) is -2.76. The number of pyridine rings is 1. The zero-order valence-electron chi connectivity index (χ0n) is 21.0. The van der Waals surface area contributed by atoms with Crippen LogP contribution >= 0.6 is 0 Å². The molecule has 1 atom stereocenters. The molecule has 208 valence electrons. The molecule has 1 aliphatic rings. The number of hydrogen-bond acceptors (Lipinski definition) is 9. The second kappa shape index (κ2) is 11.4. The van der Waals surface area contributed by atoms with Crippen molar-refractivity contribution in [1.29, 1.82) is 0 Å². The quantitative estimate of drug-likeness (QED) is 0.317. The van der Waals surface area contributed by atoms with Crippen LogP contribution in [0.15, 0.2) is 41.2 Å². The number of nitrogens with two attached hydrogens (primary N) is 2. The number of aryl methyl sites for hydroxylation is 1.